The van der Waals surface area contributed by atoms with Crippen molar-refractivity contribution < 1.29 is 9.53 Å². The van der Waals surface area contributed by atoms with Crippen LogP contribution in [-0.2, 0) is 11.2 Å². The van der Waals surface area contributed by atoms with Crippen molar-refractivity contribution in [2.75, 3.05) is 29.9 Å². The lowest BCUT2D eigenvalue weighted by atomic mass is 10.0. The molecule has 0 aromatic heterocycles. The van der Waals surface area contributed by atoms with Gasteiger partial charge >= 0.3 is 0 Å². The maximum atomic E-state index is 11.4. The second-order valence-corrected chi connectivity index (χ2v) is 4.96. The van der Waals surface area contributed by atoms with Gasteiger partial charge in [0.25, 0.3) is 5.91 Å². The highest BCUT2D eigenvalue weighted by Crippen LogP contribution is 2.36. The molecule has 2 aliphatic heterocycles. The lowest BCUT2D eigenvalue weighted by Crippen LogP contribution is -2.35. The van der Waals surface area contributed by atoms with Crippen molar-refractivity contribution in [3.05, 3.63) is 17.7 Å². The van der Waals surface area contributed by atoms with Gasteiger partial charge in [-0.15, -0.1) is 0 Å². The first kappa shape index (κ1) is 12.8. The highest BCUT2D eigenvalue weighted by molar-refractivity contribution is 6.00. The molecule has 1 amide bonds. The number of nitrogens with one attached hydrogen (secondary N) is 1. The van der Waals surface area contributed by atoms with Crippen LogP contribution in [0.25, 0.3) is 0 Å². The summed E-state index contributed by atoms with van der Waals surface area (Å²) in [5.74, 6) is 1.13. The summed E-state index contributed by atoms with van der Waals surface area (Å²) in [5.41, 5.74) is 8.82. The third kappa shape index (κ3) is 2.17. The minimum atomic E-state index is -0.130. The zero-order chi connectivity index (χ0) is 14.1. The number of carbonyl (C=O) groups excluding carboxylic acids is 1. The molecule has 0 fully saturated rings. The number of nitrogens with two attached hydrogens (primary N) is 1. The molecule has 0 unspecified atom stereocenters. The maximum Gasteiger partial charge on any atom is 0.262 e. The van der Waals surface area contributed by atoms with E-state index in [0.29, 0.717) is 18.2 Å². The number of amides is 1. The molecule has 2 aliphatic rings. The fourth-order valence-corrected chi connectivity index (χ4v) is 2.59. The number of anilines is 2. The molecule has 1 aromatic carbocycles. The zero-order valence-electron chi connectivity index (χ0n) is 11.5. The van der Waals surface area contributed by atoms with E-state index in [2.05, 4.69) is 17.2 Å². The van der Waals surface area contributed by atoms with E-state index < -0.39 is 0 Å². The van der Waals surface area contributed by atoms with Crippen LogP contribution in [0.5, 0.6) is 5.75 Å². The van der Waals surface area contributed by atoms with Gasteiger partial charge in [0.2, 0.25) is 0 Å². The molecule has 2 heterocycles. The Balaban J connectivity index is 2.04. The number of aryl methyl sites for hydroxylation is 1. The van der Waals surface area contributed by atoms with Crippen molar-refractivity contribution in [2.45, 2.75) is 19.8 Å². The summed E-state index contributed by atoms with van der Waals surface area (Å²) < 4.78 is 5.48. The van der Waals surface area contributed by atoms with Crippen LogP contribution in [-0.4, -0.2) is 31.6 Å². The van der Waals surface area contributed by atoms with Gasteiger partial charge in [-0.2, -0.15) is 0 Å². The van der Waals surface area contributed by atoms with Crippen molar-refractivity contribution in [3.8, 4) is 5.75 Å². The van der Waals surface area contributed by atoms with E-state index in [4.69, 9.17) is 10.5 Å². The average Bonchev–Trinajstić information content (AvgIpc) is 2.85. The highest BCUT2D eigenvalue weighted by atomic mass is 16.5. The standard InChI is InChI=1S/C14H18N4O2/c1-2-3-9-6-12-10(17-13(19)8-20-12)7-11(9)18-5-4-16-14(18)15/h6-7H,2-5,8H2,1H3,(H2,15,16)(H,17,19). The number of benzene rings is 1. The predicted molar refractivity (Wildman–Crippen MR) is 78.4 cm³/mol. The Morgan fingerprint density at radius 3 is 3.05 bits per heavy atom. The van der Waals surface area contributed by atoms with Crippen molar-refractivity contribution in [3.63, 3.8) is 0 Å². The van der Waals surface area contributed by atoms with Gasteiger partial charge in [-0.1, -0.05) is 13.3 Å². The monoisotopic (exact) mass is 274 g/mol. The SMILES string of the molecule is CCCc1cc2c(cc1N1CCN=C1N)NC(=O)CO2. The molecule has 6 heteroatoms. The third-order valence-corrected chi connectivity index (χ3v) is 3.50. The molecule has 6 nitrogen and oxygen atoms in total. The molecule has 0 saturated heterocycles. The molecule has 1 aromatic rings. The summed E-state index contributed by atoms with van der Waals surface area (Å²) in [6, 6.07) is 3.93. The Bertz CT molecular complexity index is 583. The molecule has 3 N–H and O–H groups in total. The molecule has 0 bridgehead atoms. The average molecular weight is 274 g/mol. The topological polar surface area (TPSA) is 80.0 Å². The van der Waals surface area contributed by atoms with Crippen molar-refractivity contribution >= 4 is 23.2 Å². The van der Waals surface area contributed by atoms with Gasteiger partial charge in [0.05, 0.1) is 12.2 Å². The second kappa shape index (κ2) is 5.03. The molecule has 0 saturated carbocycles. The molecular weight excluding hydrogens is 256 g/mol. The molecule has 20 heavy (non-hydrogen) atoms. The van der Waals surface area contributed by atoms with Crippen LogP contribution in [0.3, 0.4) is 0 Å². The first-order chi connectivity index (χ1) is 9.69. The predicted octanol–water partition coefficient (Wildman–Crippen LogP) is 1.10. The normalized spacial score (nSPS) is 17.4. The molecule has 0 radical (unpaired) electrons. The fourth-order valence-electron chi connectivity index (χ4n) is 2.59. The van der Waals surface area contributed by atoms with Crippen LogP contribution < -0.4 is 20.7 Å². The summed E-state index contributed by atoms with van der Waals surface area (Å²) in [6.45, 7) is 3.69. The summed E-state index contributed by atoms with van der Waals surface area (Å²) >= 11 is 0. The summed E-state index contributed by atoms with van der Waals surface area (Å²) in [5, 5.41) is 2.84. The highest BCUT2D eigenvalue weighted by Gasteiger charge is 2.23. The number of guanidine groups is 1. The third-order valence-electron chi connectivity index (χ3n) is 3.50. The van der Waals surface area contributed by atoms with Crippen LogP contribution in [0.2, 0.25) is 0 Å². The number of carbonyl (C=O) groups is 1. The molecule has 0 atom stereocenters. The summed E-state index contributed by atoms with van der Waals surface area (Å²) in [4.78, 5) is 17.7. The van der Waals surface area contributed by atoms with Gasteiger partial charge in [-0.25, -0.2) is 0 Å². The van der Waals surface area contributed by atoms with Crippen LogP contribution in [0, 0.1) is 0 Å². The number of rotatable bonds is 3. The maximum absolute atomic E-state index is 11.4. The largest absolute Gasteiger partial charge is 0.482 e. The lowest BCUT2D eigenvalue weighted by molar-refractivity contribution is -0.118. The molecule has 3 rings (SSSR count). The quantitative estimate of drug-likeness (QED) is 0.865. The number of hydrogen-bond donors (Lipinski definition) is 2. The van der Waals surface area contributed by atoms with Crippen LogP contribution >= 0.6 is 0 Å². The molecule has 0 spiro atoms. The zero-order valence-corrected chi connectivity index (χ0v) is 11.5. The smallest absolute Gasteiger partial charge is 0.262 e. The number of aliphatic imine (C=N–C) groups is 1. The Morgan fingerprint density at radius 2 is 2.35 bits per heavy atom. The van der Waals surface area contributed by atoms with Crippen LogP contribution in [0.4, 0.5) is 11.4 Å². The summed E-state index contributed by atoms with van der Waals surface area (Å²) in [6.07, 6.45) is 1.97. The van der Waals surface area contributed by atoms with Gasteiger partial charge in [0.1, 0.15) is 5.75 Å². The molecule has 106 valence electrons. The first-order valence-electron chi connectivity index (χ1n) is 6.86. The number of hydrogen-bond acceptors (Lipinski definition) is 5. The van der Waals surface area contributed by atoms with E-state index in [9.17, 15) is 4.79 Å². The van der Waals surface area contributed by atoms with Crippen LogP contribution in [0.15, 0.2) is 17.1 Å². The van der Waals surface area contributed by atoms with Gasteiger partial charge in [0, 0.05) is 12.2 Å². The van der Waals surface area contributed by atoms with Crippen molar-refractivity contribution in [2.24, 2.45) is 10.7 Å². The lowest BCUT2D eigenvalue weighted by Gasteiger charge is -2.25. The van der Waals surface area contributed by atoms with Crippen molar-refractivity contribution in [1.29, 1.82) is 0 Å². The Hall–Kier alpha value is -2.24. The minimum Gasteiger partial charge on any atom is -0.482 e. The number of nitrogens with zero attached hydrogens (tertiary/aromatic N) is 2. The van der Waals surface area contributed by atoms with Gasteiger partial charge < -0.3 is 20.7 Å². The van der Waals surface area contributed by atoms with E-state index in [1.165, 1.54) is 5.56 Å². The Kier molecular flexibility index (Phi) is 3.22. The first-order valence-corrected chi connectivity index (χ1v) is 6.86. The van der Waals surface area contributed by atoms with Crippen LogP contribution in [0.1, 0.15) is 18.9 Å². The number of fused-ring (bicyclic) bond motifs is 1. The number of ether oxygens (including phenoxy) is 1. The van der Waals surface area contributed by atoms with Gasteiger partial charge in [-0.05, 0) is 24.1 Å². The fraction of sp³-hybridized carbons (Fsp3) is 0.429. The minimum absolute atomic E-state index is 0.0746. The van der Waals surface area contributed by atoms with E-state index in [1.807, 2.05) is 17.0 Å². The molecule has 0 aliphatic carbocycles. The van der Waals surface area contributed by atoms with Gasteiger partial charge in [-0.3, -0.25) is 9.79 Å². The Morgan fingerprint density at radius 1 is 1.50 bits per heavy atom. The van der Waals surface area contributed by atoms with Gasteiger partial charge in [0.15, 0.2) is 12.6 Å². The van der Waals surface area contributed by atoms with E-state index >= 15 is 0 Å². The van der Waals surface area contributed by atoms with Crippen molar-refractivity contribution in [1.82, 2.24) is 0 Å². The van der Waals surface area contributed by atoms with E-state index in [0.717, 1.165) is 30.8 Å². The Labute approximate surface area is 117 Å². The molecular formula is C14H18N4O2. The van der Waals surface area contributed by atoms with E-state index in [1.54, 1.807) is 0 Å². The second-order valence-electron chi connectivity index (χ2n) is 4.96. The summed E-state index contributed by atoms with van der Waals surface area (Å²) in [7, 11) is 0. The van der Waals surface area contributed by atoms with E-state index in [-0.39, 0.29) is 12.5 Å².